The van der Waals surface area contributed by atoms with Crippen LogP contribution in [0.3, 0.4) is 0 Å². The summed E-state index contributed by atoms with van der Waals surface area (Å²) < 4.78 is 33.2. The van der Waals surface area contributed by atoms with Gasteiger partial charge in [-0.1, -0.05) is 18.9 Å². The van der Waals surface area contributed by atoms with Crippen molar-refractivity contribution in [2.24, 2.45) is 11.3 Å². The van der Waals surface area contributed by atoms with Crippen molar-refractivity contribution in [3.8, 4) is 0 Å². The number of carbonyl (C=O) groups excluding carboxylic acids is 2. The lowest BCUT2D eigenvalue weighted by molar-refractivity contribution is -0.161. The number of hydrogen-bond acceptors (Lipinski definition) is 5. The first-order valence-corrected chi connectivity index (χ1v) is 11.3. The molecule has 0 radical (unpaired) electrons. The smallest absolute Gasteiger partial charge is 0.314 e. The number of ether oxygens (including phenoxy) is 1. The molecule has 2 heterocycles. The molecule has 31 heavy (non-hydrogen) atoms. The van der Waals surface area contributed by atoms with Crippen LogP contribution in [0.2, 0.25) is 0 Å². The van der Waals surface area contributed by atoms with Crippen LogP contribution in [0.4, 0.5) is 8.78 Å². The molecule has 3 fully saturated rings. The predicted octanol–water partition coefficient (Wildman–Crippen LogP) is 2.71. The standard InChI is InChI=1S/C23H31F2N3O3/c1-2-31-22(30)23(13-15-8-9-16(24)12-18(15)25)10-5-11-28(14-23)21(29)20-17-6-3-4-7-19(17)26-27-20/h8-9,12,17,19-20,26-27H,2-7,10-11,13-14H2,1H3. The van der Waals surface area contributed by atoms with E-state index in [1.807, 2.05) is 0 Å². The molecular weight excluding hydrogens is 404 g/mol. The molecule has 8 heteroatoms. The number of esters is 1. The molecule has 0 spiro atoms. The van der Waals surface area contributed by atoms with E-state index in [2.05, 4.69) is 10.9 Å². The van der Waals surface area contributed by atoms with Crippen molar-refractivity contribution in [2.75, 3.05) is 19.7 Å². The van der Waals surface area contributed by atoms with Crippen LogP contribution in [0, 0.1) is 23.0 Å². The Bertz CT molecular complexity index is 836. The normalized spacial score (nSPS) is 30.7. The lowest BCUT2D eigenvalue weighted by Crippen LogP contribution is -2.56. The van der Waals surface area contributed by atoms with Gasteiger partial charge >= 0.3 is 5.97 Å². The Morgan fingerprint density at radius 2 is 2.00 bits per heavy atom. The van der Waals surface area contributed by atoms with Gasteiger partial charge in [0.05, 0.1) is 12.0 Å². The summed E-state index contributed by atoms with van der Waals surface area (Å²) in [5, 5.41) is 0. The maximum atomic E-state index is 14.4. The number of nitrogens with zero attached hydrogens (tertiary/aromatic N) is 1. The van der Waals surface area contributed by atoms with Crippen LogP contribution in [-0.2, 0) is 20.7 Å². The number of rotatable bonds is 5. The van der Waals surface area contributed by atoms with Crippen molar-refractivity contribution in [1.29, 1.82) is 0 Å². The maximum absolute atomic E-state index is 14.4. The summed E-state index contributed by atoms with van der Waals surface area (Å²) in [7, 11) is 0. The van der Waals surface area contributed by atoms with Crippen LogP contribution in [0.15, 0.2) is 18.2 Å². The van der Waals surface area contributed by atoms with Crippen LogP contribution in [0.1, 0.15) is 51.0 Å². The Morgan fingerprint density at radius 3 is 2.77 bits per heavy atom. The maximum Gasteiger partial charge on any atom is 0.314 e. The highest BCUT2D eigenvalue weighted by atomic mass is 19.1. The largest absolute Gasteiger partial charge is 0.466 e. The van der Waals surface area contributed by atoms with Gasteiger partial charge in [-0.25, -0.2) is 14.2 Å². The summed E-state index contributed by atoms with van der Waals surface area (Å²) >= 11 is 0. The molecule has 1 saturated carbocycles. The van der Waals surface area contributed by atoms with Crippen LogP contribution >= 0.6 is 0 Å². The lowest BCUT2D eigenvalue weighted by Gasteiger charge is -2.42. The third-order valence-electron chi connectivity index (χ3n) is 7.08. The summed E-state index contributed by atoms with van der Waals surface area (Å²) in [4.78, 5) is 28.2. The molecule has 3 aliphatic rings. The number of likely N-dealkylation sites (tertiary alicyclic amines) is 1. The molecule has 2 aliphatic heterocycles. The van der Waals surface area contributed by atoms with Gasteiger partial charge in [0.25, 0.3) is 0 Å². The van der Waals surface area contributed by atoms with E-state index in [1.165, 1.54) is 12.1 Å². The van der Waals surface area contributed by atoms with Crippen LogP contribution in [0.5, 0.6) is 0 Å². The summed E-state index contributed by atoms with van der Waals surface area (Å²) in [5.74, 6) is -1.54. The molecule has 0 aromatic heterocycles. The fourth-order valence-corrected chi connectivity index (χ4v) is 5.50. The first-order valence-electron chi connectivity index (χ1n) is 11.3. The van der Waals surface area contributed by atoms with Gasteiger partial charge in [0.15, 0.2) is 0 Å². The van der Waals surface area contributed by atoms with E-state index in [1.54, 1.807) is 11.8 Å². The van der Waals surface area contributed by atoms with E-state index in [4.69, 9.17) is 4.74 Å². The number of hydrogen-bond donors (Lipinski definition) is 2. The Morgan fingerprint density at radius 1 is 1.19 bits per heavy atom. The summed E-state index contributed by atoms with van der Waals surface area (Å²) in [6, 6.07) is 3.39. The van der Waals surface area contributed by atoms with Crippen molar-refractivity contribution in [2.45, 2.75) is 64.0 Å². The van der Waals surface area contributed by atoms with E-state index in [9.17, 15) is 18.4 Å². The predicted molar refractivity (Wildman–Crippen MR) is 111 cm³/mol. The van der Waals surface area contributed by atoms with E-state index in [0.29, 0.717) is 25.4 Å². The average Bonchev–Trinajstić information content (AvgIpc) is 3.20. The first-order chi connectivity index (χ1) is 14.9. The van der Waals surface area contributed by atoms with Gasteiger partial charge in [-0.05, 0) is 50.7 Å². The second kappa shape index (κ2) is 9.20. The number of halogens is 2. The number of nitrogens with one attached hydrogen (secondary N) is 2. The zero-order valence-electron chi connectivity index (χ0n) is 18.0. The molecule has 4 rings (SSSR count). The molecular formula is C23H31F2N3O3. The molecule has 1 aromatic carbocycles. The lowest BCUT2D eigenvalue weighted by atomic mass is 9.74. The summed E-state index contributed by atoms with van der Waals surface area (Å²) in [5.41, 5.74) is 5.67. The number of amides is 1. The summed E-state index contributed by atoms with van der Waals surface area (Å²) in [6.07, 6.45) is 5.53. The second-order valence-corrected chi connectivity index (χ2v) is 9.10. The van der Waals surface area contributed by atoms with E-state index >= 15 is 0 Å². The highest BCUT2D eigenvalue weighted by Crippen LogP contribution is 2.38. The minimum atomic E-state index is -1.04. The van der Waals surface area contributed by atoms with Crippen molar-refractivity contribution >= 4 is 11.9 Å². The Labute approximate surface area is 181 Å². The monoisotopic (exact) mass is 435 g/mol. The number of fused-ring (bicyclic) bond motifs is 1. The Hall–Kier alpha value is -2.06. The van der Waals surface area contributed by atoms with E-state index in [0.717, 1.165) is 31.7 Å². The minimum Gasteiger partial charge on any atom is -0.466 e. The molecule has 4 atom stereocenters. The van der Waals surface area contributed by atoms with Crippen molar-refractivity contribution < 1.29 is 23.1 Å². The van der Waals surface area contributed by atoms with Gasteiger partial charge in [-0.15, -0.1) is 0 Å². The first kappa shape index (κ1) is 22.1. The van der Waals surface area contributed by atoms with Gasteiger partial charge in [0.1, 0.15) is 17.7 Å². The quantitative estimate of drug-likeness (QED) is 0.696. The fourth-order valence-electron chi connectivity index (χ4n) is 5.50. The molecule has 0 bridgehead atoms. The number of piperidine rings is 1. The zero-order valence-corrected chi connectivity index (χ0v) is 18.0. The zero-order chi connectivity index (χ0) is 22.0. The van der Waals surface area contributed by atoms with Crippen molar-refractivity contribution in [1.82, 2.24) is 15.8 Å². The molecule has 6 nitrogen and oxygen atoms in total. The van der Waals surface area contributed by atoms with Gasteiger partial charge in [0, 0.05) is 31.1 Å². The second-order valence-electron chi connectivity index (χ2n) is 9.10. The van der Waals surface area contributed by atoms with E-state index in [-0.39, 0.29) is 43.0 Å². The van der Waals surface area contributed by atoms with Crippen LogP contribution in [-0.4, -0.2) is 48.6 Å². The molecule has 1 aliphatic carbocycles. The Balaban J connectivity index is 1.56. The average molecular weight is 436 g/mol. The molecule has 1 aromatic rings. The number of hydrazine groups is 1. The minimum absolute atomic E-state index is 0.0187. The molecule has 4 unspecified atom stereocenters. The van der Waals surface area contributed by atoms with Gasteiger partial charge < -0.3 is 9.64 Å². The van der Waals surface area contributed by atoms with Gasteiger partial charge in [0.2, 0.25) is 5.91 Å². The summed E-state index contributed by atoms with van der Waals surface area (Å²) in [6.45, 7) is 2.67. The third kappa shape index (κ3) is 4.46. The molecule has 170 valence electrons. The highest BCUT2D eigenvalue weighted by molar-refractivity contribution is 5.85. The van der Waals surface area contributed by atoms with Gasteiger partial charge in [-0.3, -0.25) is 15.0 Å². The van der Waals surface area contributed by atoms with Crippen molar-refractivity contribution in [3.05, 3.63) is 35.4 Å². The molecule has 2 N–H and O–H groups in total. The third-order valence-corrected chi connectivity index (χ3v) is 7.08. The number of benzene rings is 1. The molecule has 1 amide bonds. The van der Waals surface area contributed by atoms with E-state index < -0.39 is 23.0 Å². The Kier molecular flexibility index (Phi) is 6.57. The van der Waals surface area contributed by atoms with Gasteiger partial charge in [-0.2, -0.15) is 0 Å². The van der Waals surface area contributed by atoms with Crippen LogP contribution < -0.4 is 10.9 Å². The highest BCUT2D eigenvalue weighted by Gasteiger charge is 2.48. The fraction of sp³-hybridized carbons (Fsp3) is 0.652. The number of carbonyl (C=O) groups is 2. The topological polar surface area (TPSA) is 70.7 Å². The molecule has 2 saturated heterocycles. The van der Waals surface area contributed by atoms with Crippen LogP contribution in [0.25, 0.3) is 0 Å². The SMILES string of the molecule is CCOC(=O)C1(Cc2ccc(F)cc2F)CCCN(C(=O)C2NNC3CCCCC32)C1. The van der Waals surface area contributed by atoms with Crippen molar-refractivity contribution in [3.63, 3.8) is 0 Å².